The fourth-order valence-electron chi connectivity index (χ4n) is 2.21. The predicted octanol–water partition coefficient (Wildman–Crippen LogP) is -3.93. The molecule has 27 heavy (non-hydrogen) atoms. The molecule has 0 amide bonds. The lowest BCUT2D eigenvalue weighted by Crippen LogP contribution is -3.00. The van der Waals surface area contributed by atoms with Gasteiger partial charge in [-0.15, -0.1) is 0 Å². The summed E-state index contributed by atoms with van der Waals surface area (Å²) in [5.41, 5.74) is 2.31. The minimum Gasteiger partial charge on any atom is -1.00 e. The van der Waals surface area contributed by atoms with Crippen molar-refractivity contribution in [3.63, 3.8) is 0 Å². The van der Waals surface area contributed by atoms with Crippen LogP contribution in [0.5, 0.6) is 0 Å². The van der Waals surface area contributed by atoms with Crippen molar-refractivity contribution in [2.45, 2.75) is 0 Å². The second kappa shape index (κ2) is 13.3. The molecule has 0 saturated heterocycles. The molecule has 2 heterocycles. The minimum atomic E-state index is 0. The van der Waals surface area contributed by atoms with Crippen LogP contribution in [0, 0.1) is 0 Å². The zero-order valence-electron chi connectivity index (χ0n) is 15.0. The number of hydrogen-bond donors (Lipinski definition) is 1. The lowest BCUT2D eigenvalue weighted by atomic mass is 10.1. The van der Waals surface area contributed by atoms with E-state index < -0.39 is 0 Å². The van der Waals surface area contributed by atoms with Crippen LogP contribution in [0.2, 0.25) is 0 Å². The average Bonchev–Trinajstić information content (AvgIpc) is 2.64. The smallest absolute Gasteiger partial charge is 0.226 e. The van der Waals surface area contributed by atoms with E-state index in [1.165, 1.54) is 6.21 Å². The van der Waals surface area contributed by atoms with Crippen LogP contribution in [0.4, 0.5) is 0 Å². The number of pyridine rings is 2. The Bertz CT molecular complexity index is 872. The highest BCUT2D eigenvalue weighted by atomic mass is 127. The van der Waals surface area contributed by atoms with Crippen LogP contribution in [0.15, 0.2) is 84.4 Å². The number of hydrogen-bond acceptors (Lipinski definition) is 3. The number of aryl methyl sites for hydroxylation is 2. The molecule has 0 atom stereocenters. The molecule has 3 aromatic rings. The van der Waals surface area contributed by atoms with E-state index >= 15 is 0 Å². The maximum Gasteiger partial charge on any atom is 0.226 e. The fourth-order valence-corrected chi connectivity index (χ4v) is 2.21. The summed E-state index contributed by atoms with van der Waals surface area (Å²) >= 11 is 0. The first-order valence-corrected chi connectivity index (χ1v) is 7.79. The quantitative estimate of drug-likeness (QED) is 0.0849. The van der Waals surface area contributed by atoms with Crippen molar-refractivity contribution in [2.75, 3.05) is 0 Å². The number of oxime groups is 1. The third-order valence-electron chi connectivity index (χ3n) is 3.52. The Morgan fingerprint density at radius 3 is 2.11 bits per heavy atom. The molecule has 0 aliphatic carbocycles. The normalized spacial score (nSPS) is 9.41. The SMILES string of the molecule is C[n+]1cccc(C(=O)c2ccccc2)c1.C[n+]1ccccc1C=NO.[I-].[I-]. The van der Waals surface area contributed by atoms with E-state index in [1.807, 2.05) is 102 Å². The van der Waals surface area contributed by atoms with Gasteiger partial charge in [0.1, 0.15) is 20.3 Å². The van der Waals surface area contributed by atoms with Gasteiger partial charge in [-0.25, -0.2) is 9.13 Å². The highest BCUT2D eigenvalue weighted by molar-refractivity contribution is 6.08. The maximum atomic E-state index is 12.0. The van der Waals surface area contributed by atoms with Gasteiger partial charge in [-0.05, 0) is 12.1 Å². The Hall–Kier alpha value is -1.88. The number of carbonyl (C=O) groups is 1. The number of ketones is 1. The van der Waals surface area contributed by atoms with Crippen LogP contribution in [0.3, 0.4) is 0 Å². The Morgan fingerprint density at radius 2 is 1.52 bits per heavy atom. The molecule has 0 aliphatic heterocycles. The van der Waals surface area contributed by atoms with Crippen molar-refractivity contribution >= 4 is 12.0 Å². The molecule has 0 bridgehead atoms. The van der Waals surface area contributed by atoms with Gasteiger partial charge >= 0.3 is 0 Å². The van der Waals surface area contributed by atoms with Gasteiger partial charge in [0.2, 0.25) is 5.69 Å². The van der Waals surface area contributed by atoms with Gasteiger partial charge in [-0.2, -0.15) is 0 Å². The van der Waals surface area contributed by atoms with E-state index in [0.717, 1.165) is 11.3 Å². The summed E-state index contributed by atoms with van der Waals surface area (Å²) in [5, 5.41) is 11.1. The van der Waals surface area contributed by atoms with Gasteiger partial charge in [0.25, 0.3) is 0 Å². The monoisotopic (exact) mass is 589 g/mol. The molecule has 142 valence electrons. The molecule has 5 nitrogen and oxygen atoms in total. The zero-order chi connectivity index (χ0) is 18.1. The van der Waals surface area contributed by atoms with Gasteiger partial charge in [-0.1, -0.05) is 35.5 Å². The van der Waals surface area contributed by atoms with Crippen LogP contribution < -0.4 is 57.1 Å². The van der Waals surface area contributed by atoms with E-state index in [4.69, 9.17) is 5.21 Å². The van der Waals surface area contributed by atoms with Crippen LogP contribution in [-0.4, -0.2) is 17.2 Å². The van der Waals surface area contributed by atoms with E-state index in [9.17, 15) is 4.79 Å². The Morgan fingerprint density at radius 1 is 0.889 bits per heavy atom. The summed E-state index contributed by atoms with van der Waals surface area (Å²) in [6.07, 6.45) is 7.01. The molecule has 0 radical (unpaired) electrons. The van der Waals surface area contributed by atoms with Gasteiger partial charge in [0, 0.05) is 23.8 Å². The van der Waals surface area contributed by atoms with Crippen molar-refractivity contribution in [2.24, 2.45) is 19.3 Å². The topological polar surface area (TPSA) is 57.4 Å². The highest BCUT2D eigenvalue weighted by Crippen LogP contribution is 2.06. The molecule has 0 unspecified atom stereocenters. The summed E-state index contributed by atoms with van der Waals surface area (Å²) in [6, 6.07) is 18.7. The van der Waals surface area contributed by atoms with Gasteiger partial charge < -0.3 is 53.2 Å². The second-order valence-corrected chi connectivity index (χ2v) is 5.43. The molecule has 3 rings (SSSR count). The molecule has 1 aromatic carbocycles. The third kappa shape index (κ3) is 8.12. The number of nitrogens with zero attached hydrogens (tertiary/aromatic N) is 3. The largest absolute Gasteiger partial charge is 1.00 e. The van der Waals surface area contributed by atoms with E-state index in [1.54, 1.807) is 0 Å². The second-order valence-electron chi connectivity index (χ2n) is 5.43. The van der Waals surface area contributed by atoms with Crippen molar-refractivity contribution in [1.82, 2.24) is 0 Å². The lowest BCUT2D eigenvalue weighted by Gasteiger charge is -1.98. The molecule has 0 fully saturated rings. The summed E-state index contributed by atoms with van der Waals surface area (Å²) < 4.78 is 3.73. The Labute approximate surface area is 193 Å². The molecule has 1 N–H and O–H groups in total. The van der Waals surface area contributed by atoms with Crippen LogP contribution >= 0.6 is 0 Å². The van der Waals surface area contributed by atoms with Gasteiger partial charge in [0.15, 0.2) is 24.4 Å². The minimum absolute atomic E-state index is 0. The molecule has 0 spiro atoms. The van der Waals surface area contributed by atoms with E-state index in [2.05, 4.69) is 5.16 Å². The predicted molar refractivity (Wildman–Crippen MR) is 94.5 cm³/mol. The highest BCUT2D eigenvalue weighted by Gasteiger charge is 2.10. The first-order valence-electron chi connectivity index (χ1n) is 7.79. The lowest BCUT2D eigenvalue weighted by molar-refractivity contribution is -0.672. The summed E-state index contributed by atoms with van der Waals surface area (Å²) in [6.45, 7) is 0. The van der Waals surface area contributed by atoms with Crippen molar-refractivity contribution in [3.8, 4) is 0 Å². The molecule has 7 heteroatoms. The first-order chi connectivity index (χ1) is 12.1. The van der Waals surface area contributed by atoms with Gasteiger partial charge in [-0.3, -0.25) is 4.79 Å². The van der Waals surface area contributed by atoms with E-state index in [-0.39, 0.29) is 53.7 Å². The molecular formula is C20H21I2N3O2. The molecule has 0 aliphatic rings. The van der Waals surface area contributed by atoms with E-state index in [0.29, 0.717) is 5.56 Å². The number of halogens is 2. The van der Waals surface area contributed by atoms with Crippen LogP contribution in [0.1, 0.15) is 21.6 Å². The fraction of sp³-hybridized carbons (Fsp3) is 0.100. The summed E-state index contributed by atoms with van der Waals surface area (Å²) in [5.74, 6) is 0.0619. The number of rotatable bonds is 3. The number of benzene rings is 1. The van der Waals surface area contributed by atoms with Crippen molar-refractivity contribution in [1.29, 1.82) is 0 Å². The maximum absolute atomic E-state index is 12.0. The van der Waals surface area contributed by atoms with Crippen LogP contribution in [-0.2, 0) is 14.1 Å². The summed E-state index contributed by atoms with van der Waals surface area (Å²) in [4.78, 5) is 12.0. The summed E-state index contributed by atoms with van der Waals surface area (Å²) in [7, 11) is 3.79. The number of aromatic nitrogens is 2. The molecular weight excluding hydrogens is 568 g/mol. The average molecular weight is 589 g/mol. The zero-order valence-corrected chi connectivity index (χ0v) is 19.4. The third-order valence-corrected chi connectivity index (χ3v) is 3.52. The first kappa shape index (κ1) is 25.1. The standard InChI is InChI=1S/C13H12NO.C7H8N2O.2HI/c1-14-9-5-8-12(10-14)13(15)11-6-3-2-4-7-11;1-9-5-3-2-4-7(9)6-8-10;;/h2-10H,1H3;2-6H,1H3;2*1H/q+1;;;/p-1. The Balaban J connectivity index is 0.000000500. The Kier molecular flexibility index (Phi) is 12.4. The molecule has 0 saturated carbocycles. The van der Waals surface area contributed by atoms with Crippen molar-refractivity contribution in [3.05, 3.63) is 96.1 Å². The van der Waals surface area contributed by atoms with Crippen LogP contribution in [0.25, 0.3) is 0 Å². The van der Waals surface area contributed by atoms with Gasteiger partial charge in [0.05, 0.1) is 5.56 Å². The van der Waals surface area contributed by atoms with Crippen molar-refractivity contribution < 1.29 is 67.1 Å². The number of carbonyl (C=O) groups excluding carboxylic acids is 1. The molecule has 2 aromatic heterocycles.